The van der Waals surface area contributed by atoms with Crippen molar-refractivity contribution in [1.29, 1.82) is 0 Å². The van der Waals surface area contributed by atoms with Gasteiger partial charge in [0.1, 0.15) is 42.0 Å². The van der Waals surface area contributed by atoms with E-state index in [2.05, 4.69) is 36.9 Å². The van der Waals surface area contributed by atoms with Crippen molar-refractivity contribution < 1.29 is 53.7 Å². The molecule has 0 spiro atoms. The summed E-state index contributed by atoms with van der Waals surface area (Å²) >= 11 is 1.36. The van der Waals surface area contributed by atoms with Gasteiger partial charge in [-0.3, -0.25) is 33.6 Å². The van der Waals surface area contributed by atoms with E-state index < -0.39 is 102 Å². The quantitative estimate of drug-likeness (QED) is 0.0373. The van der Waals surface area contributed by atoms with Crippen molar-refractivity contribution in [2.45, 2.75) is 107 Å². The molecule has 0 bridgehead atoms. The van der Waals surface area contributed by atoms with E-state index in [1.165, 1.54) is 37.7 Å². The van der Waals surface area contributed by atoms with Gasteiger partial charge in [0.05, 0.1) is 18.6 Å². The van der Waals surface area contributed by atoms with E-state index >= 15 is 0 Å². The number of fused-ring (bicyclic) bond motifs is 1. The number of nitrogens with one attached hydrogen (secondary N) is 7. The number of aliphatic hydroxyl groups excluding tert-OH is 1. The highest BCUT2D eigenvalue weighted by Gasteiger charge is 2.35. The first-order valence-electron chi connectivity index (χ1n) is 20.6. The molecule has 0 radical (unpaired) electrons. The third-order valence-electron chi connectivity index (χ3n) is 10.1. The standard InChI is InChI=1S/C42H60N10O11S/c1-22(47-39(59)32(18-24-11-13-26(54)14-12-24)51-37(57)28(44)19-25-21-46-29-9-5-4-8-27(25)29)36(56)50-33(20-34(45)55)40(60)48-30(10-6-7-16-43)38(58)52-35(23(2)53)41(61)49-31(42(62)63)15-17-64-3/h4-5,8-9,11-14,21-23,28,30-33,35,46,53-54H,6-7,10,15-20,43-44H2,1-3H3,(H2,45,55)(H,47,59)(H,48,60)(H,49,61)(H,50,56)(H,51,57)(H,52,58)(H,62,63)/t22-,23+,28-,30-,31-,32-,33-,35-/m0/s1. The number of primary amides is 1. The third kappa shape index (κ3) is 16.5. The first-order valence-corrected chi connectivity index (χ1v) is 22.0. The number of phenolic OH excluding ortho intramolecular Hbond substituents is 1. The minimum absolute atomic E-state index is 0.0311. The van der Waals surface area contributed by atoms with Crippen LogP contribution in [0.1, 0.15) is 57.1 Å². The van der Waals surface area contributed by atoms with Crippen molar-refractivity contribution in [2.75, 3.05) is 18.6 Å². The minimum atomic E-state index is -1.67. The maximum Gasteiger partial charge on any atom is 0.326 e. The van der Waals surface area contributed by atoms with E-state index in [4.69, 9.17) is 17.2 Å². The normalized spacial score (nSPS) is 14.9. The Morgan fingerprint density at radius 1 is 0.719 bits per heavy atom. The van der Waals surface area contributed by atoms with Crippen molar-refractivity contribution in [3.05, 3.63) is 65.9 Å². The number of rotatable bonds is 27. The van der Waals surface area contributed by atoms with Crippen LogP contribution in [0.15, 0.2) is 54.7 Å². The van der Waals surface area contributed by atoms with E-state index in [9.17, 15) is 53.7 Å². The van der Waals surface area contributed by atoms with Crippen LogP contribution in [0.4, 0.5) is 0 Å². The first-order chi connectivity index (χ1) is 30.3. The third-order valence-corrected chi connectivity index (χ3v) is 10.8. The summed E-state index contributed by atoms with van der Waals surface area (Å²) in [6.07, 6.45) is 2.02. The van der Waals surface area contributed by atoms with Crippen molar-refractivity contribution in [3.8, 4) is 5.75 Å². The number of carboxylic acid groups (broad SMARTS) is 1. The zero-order valence-corrected chi connectivity index (χ0v) is 36.7. The number of aliphatic hydroxyl groups is 1. The van der Waals surface area contributed by atoms with Crippen molar-refractivity contribution >= 4 is 70.0 Å². The molecule has 350 valence electrons. The van der Waals surface area contributed by atoms with Crippen LogP contribution in [-0.4, -0.2) is 135 Å². The number of para-hydroxylation sites is 1. The van der Waals surface area contributed by atoms with Gasteiger partial charge < -0.3 is 69.4 Å². The van der Waals surface area contributed by atoms with Crippen LogP contribution in [0.3, 0.4) is 0 Å². The Morgan fingerprint density at radius 2 is 1.33 bits per heavy atom. The molecule has 3 rings (SSSR count). The fourth-order valence-corrected chi connectivity index (χ4v) is 6.99. The number of H-pyrrole nitrogens is 1. The molecular formula is C42H60N10O11S. The Balaban J connectivity index is 1.76. The van der Waals surface area contributed by atoms with E-state index in [0.717, 1.165) is 16.5 Å². The highest BCUT2D eigenvalue weighted by atomic mass is 32.2. The molecule has 0 aliphatic heterocycles. The molecule has 16 N–H and O–H groups in total. The Morgan fingerprint density at radius 3 is 1.95 bits per heavy atom. The number of hydrogen-bond donors (Lipinski definition) is 13. The number of phenols is 1. The minimum Gasteiger partial charge on any atom is -0.508 e. The van der Waals surface area contributed by atoms with Gasteiger partial charge in [0.25, 0.3) is 0 Å². The number of thioether (sulfide) groups is 1. The summed E-state index contributed by atoms with van der Waals surface area (Å²) in [5.74, 6) is -7.38. The second-order valence-electron chi connectivity index (χ2n) is 15.3. The molecule has 3 aromatic rings. The molecule has 64 heavy (non-hydrogen) atoms. The predicted octanol–water partition coefficient (Wildman–Crippen LogP) is -1.86. The molecule has 0 unspecified atom stereocenters. The molecule has 0 fully saturated rings. The SMILES string of the molecule is CSCC[C@H](NC(=O)[C@@H](NC(=O)[C@H](CCCCN)NC(=O)[C@H](CC(N)=O)NC(=O)[C@H](C)NC(=O)[C@H](Cc1ccc(O)cc1)NC(=O)[C@@H](N)Cc1c[nH]c2ccccc12)[C@@H](C)O)C(=O)O. The van der Waals surface area contributed by atoms with Gasteiger partial charge in [-0.2, -0.15) is 11.8 Å². The summed E-state index contributed by atoms with van der Waals surface area (Å²) in [4.78, 5) is 108. The number of aliphatic carboxylic acids is 1. The van der Waals surface area contributed by atoms with E-state index in [-0.39, 0.29) is 38.0 Å². The summed E-state index contributed by atoms with van der Waals surface area (Å²) in [6, 6.07) is 3.56. The number of carbonyl (C=O) groups excluding carboxylic acids is 7. The molecule has 8 atom stereocenters. The fourth-order valence-electron chi connectivity index (χ4n) is 6.52. The monoisotopic (exact) mass is 912 g/mol. The average molecular weight is 913 g/mol. The molecule has 22 heteroatoms. The lowest BCUT2D eigenvalue weighted by Gasteiger charge is -2.27. The summed E-state index contributed by atoms with van der Waals surface area (Å²) in [6.45, 7) is 2.72. The van der Waals surface area contributed by atoms with Crippen molar-refractivity contribution in [3.63, 3.8) is 0 Å². The first kappa shape index (κ1) is 52.1. The molecule has 1 aromatic heterocycles. The molecule has 0 aliphatic carbocycles. The number of amides is 7. The number of benzene rings is 2. The zero-order valence-electron chi connectivity index (χ0n) is 35.9. The van der Waals surface area contributed by atoms with Crippen LogP contribution in [0.2, 0.25) is 0 Å². The molecule has 1 heterocycles. The maximum absolute atomic E-state index is 13.8. The highest BCUT2D eigenvalue weighted by molar-refractivity contribution is 7.98. The summed E-state index contributed by atoms with van der Waals surface area (Å²) in [5.41, 5.74) is 19.5. The number of carboxylic acids is 1. The molecule has 0 saturated heterocycles. The molecular weight excluding hydrogens is 853 g/mol. The van der Waals surface area contributed by atoms with E-state index in [0.29, 0.717) is 24.2 Å². The molecule has 7 amide bonds. The predicted molar refractivity (Wildman–Crippen MR) is 238 cm³/mol. The number of unbranched alkanes of at least 4 members (excludes halogenated alkanes) is 1. The zero-order chi connectivity index (χ0) is 47.5. The van der Waals surface area contributed by atoms with Gasteiger partial charge in [0.2, 0.25) is 41.4 Å². The van der Waals surface area contributed by atoms with Gasteiger partial charge >= 0.3 is 5.97 Å². The largest absolute Gasteiger partial charge is 0.508 e. The van der Waals surface area contributed by atoms with E-state index in [1.807, 2.05) is 24.3 Å². The van der Waals surface area contributed by atoms with Gasteiger partial charge in [-0.15, -0.1) is 0 Å². The van der Waals surface area contributed by atoms with Crippen LogP contribution in [0.5, 0.6) is 5.75 Å². The number of aromatic amines is 1. The van der Waals surface area contributed by atoms with Crippen molar-refractivity contribution in [1.82, 2.24) is 36.9 Å². The topological polar surface area (TPSA) is 363 Å². The molecule has 21 nitrogen and oxygen atoms in total. The average Bonchev–Trinajstić information content (AvgIpc) is 3.65. The Labute approximate surface area is 374 Å². The molecule has 0 aliphatic rings. The van der Waals surface area contributed by atoms with Crippen LogP contribution < -0.4 is 49.1 Å². The lowest BCUT2D eigenvalue weighted by atomic mass is 10.0. The van der Waals surface area contributed by atoms with Gasteiger partial charge in [-0.05, 0) is 93.8 Å². The van der Waals surface area contributed by atoms with Gasteiger partial charge in [0.15, 0.2) is 0 Å². The number of aromatic nitrogens is 1. The molecule has 0 saturated carbocycles. The summed E-state index contributed by atoms with van der Waals surface area (Å²) in [7, 11) is 0. The van der Waals surface area contributed by atoms with E-state index in [1.54, 1.807) is 24.6 Å². The lowest BCUT2D eigenvalue weighted by molar-refractivity contribution is -0.143. The Bertz CT molecular complexity index is 2080. The smallest absolute Gasteiger partial charge is 0.326 e. The van der Waals surface area contributed by atoms with Crippen LogP contribution >= 0.6 is 11.8 Å². The van der Waals surface area contributed by atoms with Gasteiger partial charge in [-0.1, -0.05) is 30.3 Å². The Kier molecular flexibility index (Phi) is 21.0. The second-order valence-corrected chi connectivity index (χ2v) is 16.3. The van der Waals surface area contributed by atoms with Gasteiger partial charge in [0, 0.05) is 23.5 Å². The van der Waals surface area contributed by atoms with Gasteiger partial charge in [-0.25, -0.2) is 4.79 Å². The molecule has 2 aromatic carbocycles. The van der Waals surface area contributed by atoms with Crippen LogP contribution in [-0.2, 0) is 51.2 Å². The number of nitrogens with two attached hydrogens (primary N) is 3. The number of carbonyl (C=O) groups is 8. The lowest BCUT2D eigenvalue weighted by Crippen LogP contribution is -2.61. The summed E-state index contributed by atoms with van der Waals surface area (Å²) in [5, 5.41) is 45.3. The number of aromatic hydroxyl groups is 1. The Hall–Kier alpha value is -6.23. The summed E-state index contributed by atoms with van der Waals surface area (Å²) < 4.78 is 0. The van der Waals surface area contributed by atoms with Crippen LogP contribution in [0.25, 0.3) is 10.9 Å². The second kappa shape index (κ2) is 25.8. The number of hydrogen-bond acceptors (Lipinski definition) is 13. The van der Waals surface area contributed by atoms with Crippen molar-refractivity contribution in [2.24, 2.45) is 17.2 Å². The fraction of sp³-hybridized carbons (Fsp3) is 0.476. The highest BCUT2D eigenvalue weighted by Crippen LogP contribution is 2.19. The maximum atomic E-state index is 13.8. The van der Waals surface area contributed by atoms with Crippen LogP contribution in [0, 0.1) is 0 Å².